The van der Waals surface area contributed by atoms with Crippen LogP contribution >= 0.6 is 0 Å². The fraction of sp³-hybridized carbons (Fsp3) is 0.250. The molecule has 0 saturated carbocycles. The van der Waals surface area contributed by atoms with Gasteiger partial charge in [-0.2, -0.15) is 13.2 Å². The van der Waals surface area contributed by atoms with Crippen LogP contribution in [-0.4, -0.2) is 27.4 Å². The second-order valence-electron chi connectivity index (χ2n) is 4.15. The Hall–Kier alpha value is -2.58. The van der Waals surface area contributed by atoms with Gasteiger partial charge in [-0.15, -0.1) is 0 Å². The maximum Gasteiger partial charge on any atom is 0.431 e. The number of rotatable bonds is 4. The minimum absolute atomic E-state index is 0.201. The van der Waals surface area contributed by atoms with Crippen molar-refractivity contribution in [3.8, 4) is 0 Å². The zero-order valence-corrected chi connectivity index (χ0v) is 10.6. The number of pyridine rings is 1. The number of imidazole rings is 1. The lowest BCUT2D eigenvalue weighted by atomic mass is 10.2. The van der Waals surface area contributed by atoms with E-state index >= 15 is 0 Å². The van der Waals surface area contributed by atoms with E-state index < -0.39 is 23.3 Å². The molecule has 0 aliphatic carbocycles. The van der Waals surface area contributed by atoms with Crippen LogP contribution in [0.15, 0.2) is 29.3 Å². The normalized spacial score (nSPS) is 11.4. The fourth-order valence-corrected chi connectivity index (χ4v) is 1.64. The van der Waals surface area contributed by atoms with Crippen molar-refractivity contribution >= 4 is 5.91 Å². The number of hydrogen-bond donors (Lipinski definition) is 3. The van der Waals surface area contributed by atoms with E-state index in [0.717, 1.165) is 6.07 Å². The summed E-state index contributed by atoms with van der Waals surface area (Å²) in [4.78, 5) is 31.6. The van der Waals surface area contributed by atoms with E-state index in [0.29, 0.717) is 18.3 Å². The maximum atomic E-state index is 12.4. The van der Waals surface area contributed by atoms with Gasteiger partial charge in [0.15, 0.2) is 0 Å². The number of carbonyl (C=O) groups is 1. The van der Waals surface area contributed by atoms with E-state index in [-0.39, 0.29) is 12.1 Å². The Morgan fingerprint density at radius 1 is 1.33 bits per heavy atom. The Kier molecular flexibility index (Phi) is 4.10. The van der Waals surface area contributed by atoms with Crippen molar-refractivity contribution < 1.29 is 18.0 Å². The molecule has 3 N–H and O–H groups in total. The quantitative estimate of drug-likeness (QED) is 0.789. The number of carbonyl (C=O) groups excluding carboxylic acids is 1. The van der Waals surface area contributed by atoms with Gasteiger partial charge in [-0.05, 0) is 12.1 Å². The van der Waals surface area contributed by atoms with Crippen LogP contribution in [-0.2, 0) is 12.6 Å². The van der Waals surface area contributed by atoms with Crippen molar-refractivity contribution in [1.82, 2.24) is 20.3 Å². The first kappa shape index (κ1) is 14.8. The largest absolute Gasteiger partial charge is 0.431 e. The molecule has 0 bridgehead atoms. The number of hydrogen-bond acceptors (Lipinski definition) is 3. The SMILES string of the molecule is O=C(NCCc1ncc[nH]1)c1ccc(C(F)(F)F)[nH]c1=O. The topological polar surface area (TPSA) is 90.6 Å². The molecule has 2 rings (SSSR count). The molecule has 0 fully saturated rings. The number of amides is 1. The average molecular weight is 300 g/mol. The molecule has 0 spiro atoms. The summed E-state index contributed by atoms with van der Waals surface area (Å²) >= 11 is 0. The van der Waals surface area contributed by atoms with Gasteiger partial charge in [-0.3, -0.25) is 9.59 Å². The maximum absolute atomic E-state index is 12.4. The van der Waals surface area contributed by atoms with Gasteiger partial charge in [-0.25, -0.2) is 4.98 Å². The van der Waals surface area contributed by atoms with Gasteiger partial charge in [0.25, 0.3) is 11.5 Å². The second-order valence-corrected chi connectivity index (χ2v) is 4.15. The Bertz CT molecular complexity index is 677. The van der Waals surface area contributed by atoms with Crippen molar-refractivity contribution in [3.63, 3.8) is 0 Å². The van der Waals surface area contributed by atoms with E-state index in [2.05, 4.69) is 15.3 Å². The van der Waals surface area contributed by atoms with Crippen LogP contribution in [0.25, 0.3) is 0 Å². The first-order valence-corrected chi connectivity index (χ1v) is 5.95. The Morgan fingerprint density at radius 3 is 2.67 bits per heavy atom. The van der Waals surface area contributed by atoms with Crippen molar-refractivity contribution in [3.05, 3.63) is 52.0 Å². The smallest absolute Gasteiger partial charge is 0.351 e. The molecular formula is C12H11F3N4O2. The van der Waals surface area contributed by atoms with Crippen LogP contribution in [0.3, 0.4) is 0 Å². The Balaban J connectivity index is 2.01. The van der Waals surface area contributed by atoms with Crippen molar-refractivity contribution in [2.45, 2.75) is 12.6 Å². The van der Waals surface area contributed by atoms with Gasteiger partial charge in [0.05, 0.1) is 0 Å². The van der Waals surface area contributed by atoms with Crippen LogP contribution in [0.1, 0.15) is 21.9 Å². The highest BCUT2D eigenvalue weighted by Gasteiger charge is 2.32. The number of nitrogens with zero attached hydrogens (tertiary/aromatic N) is 1. The number of H-pyrrole nitrogens is 2. The summed E-state index contributed by atoms with van der Waals surface area (Å²) in [6.45, 7) is 0.201. The summed E-state index contributed by atoms with van der Waals surface area (Å²) < 4.78 is 37.1. The lowest BCUT2D eigenvalue weighted by Gasteiger charge is -2.07. The lowest BCUT2D eigenvalue weighted by Crippen LogP contribution is -2.32. The third-order valence-corrected chi connectivity index (χ3v) is 2.66. The second kappa shape index (κ2) is 5.81. The molecule has 0 unspecified atom stereocenters. The van der Waals surface area contributed by atoms with Crippen LogP contribution in [0.4, 0.5) is 13.2 Å². The first-order valence-electron chi connectivity index (χ1n) is 5.95. The molecule has 2 heterocycles. The van der Waals surface area contributed by atoms with Gasteiger partial charge < -0.3 is 15.3 Å². The number of nitrogens with one attached hydrogen (secondary N) is 3. The number of aromatic amines is 2. The zero-order valence-electron chi connectivity index (χ0n) is 10.6. The minimum atomic E-state index is -4.66. The lowest BCUT2D eigenvalue weighted by molar-refractivity contribution is -0.141. The monoisotopic (exact) mass is 300 g/mol. The van der Waals surface area contributed by atoms with Crippen molar-refractivity contribution in [2.24, 2.45) is 0 Å². The predicted octanol–water partition coefficient (Wildman–Crippen LogP) is 1.09. The molecule has 2 aromatic rings. The third kappa shape index (κ3) is 3.71. The highest BCUT2D eigenvalue weighted by Crippen LogP contribution is 2.26. The molecule has 0 aliphatic heterocycles. The third-order valence-electron chi connectivity index (χ3n) is 2.66. The van der Waals surface area contributed by atoms with Gasteiger partial charge in [-0.1, -0.05) is 0 Å². The van der Waals surface area contributed by atoms with Crippen LogP contribution in [0.5, 0.6) is 0 Å². The summed E-state index contributed by atoms with van der Waals surface area (Å²) in [5.74, 6) is -0.0897. The van der Waals surface area contributed by atoms with Gasteiger partial charge in [0.1, 0.15) is 17.1 Å². The van der Waals surface area contributed by atoms with Crippen LogP contribution < -0.4 is 10.9 Å². The zero-order chi connectivity index (χ0) is 15.5. The summed E-state index contributed by atoms with van der Waals surface area (Å²) in [6.07, 6.45) is -1.07. The predicted molar refractivity (Wildman–Crippen MR) is 66.7 cm³/mol. The number of halogens is 3. The molecule has 6 nitrogen and oxygen atoms in total. The standard InChI is InChI=1S/C12H11F3N4O2/c13-12(14,15)8-2-1-7(11(21)19-8)10(20)18-4-3-9-16-5-6-17-9/h1-2,5-6H,3-4H2,(H,16,17)(H,18,20)(H,19,21). The summed E-state index contributed by atoms with van der Waals surface area (Å²) in [6, 6.07) is 1.51. The van der Waals surface area contributed by atoms with Crippen molar-refractivity contribution in [2.75, 3.05) is 6.54 Å². The average Bonchev–Trinajstić information content (AvgIpc) is 2.90. The molecular weight excluding hydrogens is 289 g/mol. The van der Waals surface area contributed by atoms with Gasteiger partial charge in [0, 0.05) is 25.4 Å². The highest BCUT2D eigenvalue weighted by atomic mass is 19.4. The Morgan fingerprint density at radius 2 is 2.10 bits per heavy atom. The highest BCUT2D eigenvalue weighted by molar-refractivity contribution is 5.93. The van der Waals surface area contributed by atoms with E-state index in [9.17, 15) is 22.8 Å². The molecule has 2 aromatic heterocycles. The van der Waals surface area contributed by atoms with Crippen LogP contribution in [0.2, 0.25) is 0 Å². The molecule has 0 aromatic carbocycles. The van der Waals surface area contributed by atoms with Gasteiger partial charge in [0.2, 0.25) is 0 Å². The molecule has 0 saturated heterocycles. The van der Waals surface area contributed by atoms with E-state index in [1.165, 1.54) is 0 Å². The Labute approximate surface area is 116 Å². The molecule has 1 amide bonds. The molecule has 0 aliphatic rings. The van der Waals surface area contributed by atoms with E-state index in [1.807, 2.05) is 0 Å². The summed E-state index contributed by atoms with van der Waals surface area (Å²) in [7, 11) is 0. The molecule has 112 valence electrons. The molecule has 9 heteroatoms. The van der Waals surface area contributed by atoms with Crippen molar-refractivity contribution in [1.29, 1.82) is 0 Å². The summed E-state index contributed by atoms with van der Waals surface area (Å²) in [5, 5.41) is 2.44. The van der Waals surface area contributed by atoms with Crippen LogP contribution in [0, 0.1) is 0 Å². The molecule has 0 radical (unpaired) electrons. The van der Waals surface area contributed by atoms with Gasteiger partial charge >= 0.3 is 6.18 Å². The number of alkyl halides is 3. The summed E-state index contributed by atoms with van der Waals surface area (Å²) in [5.41, 5.74) is -2.65. The van der Waals surface area contributed by atoms with E-state index in [1.54, 1.807) is 17.4 Å². The first-order chi connectivity index (χ1) is 9.88. The molecule has 21 heavy (non-hydrogen) atoms. The molecule has 0 atom stereocenters. The minimum Gasteiger partial charge on any atom is -0.351 e. The van der Waals surface area contributed by atoms with E-state index in [4.69, 9.17) is 0 Å². The number of aromatic nitrogens is 3. The fourth-order valence-electron chi connectivity index (χ4n) is 1.64.